The van der Waals surface area contributed by atoms with Crippen molar-refractivity contribution in [3.63, 3.8) is 0 Å². The summed E-state index contributed by atoms with van der Waals surface area (Å²) in [6, 6.07) is 7.92. The van der Waals surface area contributed by atoms with E-state index in [4.69, 9.17) is 11.6 Å². The van der Waals surface area contributed by atoms with Crippen LogP contribution in [0.4, 0.5) is 0 Å². The molecule has 0 fully saturated rings. The number of rotatable bonds is 5. The molecule has 0 spiro atoms. The number of nitrogens with one attached hydrogen (secondary N) is 1. The number of halogens is 1. The molecule has 0 atom stereocenters. The van der Waals surface area contributed by atoms with Gasteiger partial charge in [-0.05, 0) is 30.7 Å². The SMILES string of the molecule is Cc1nn(C)c(Cl)c1/C=C/C(=O)NCc1ccc(-n2ccnc2)cc1. The number of aromatic nitrogens is 4. The summed E-state index contributed by atoms with van der Waals surface area (Å²) < 4.78 is 3.50. The number of carbonyl (C=O) groups excluding carboxylic acids is 1. The van der Waals surface area contributed by atoms with E-state index in [2.05, 4.69) is 15.4 Å². The Bertz CT molecular complexity index is 894. The molecule has 0 radical (unpaired) electrons. The van der Waals surface area contributed by atoms with Crippen LogP contribution in [0.15, 0.2) is 49.1 Å². The lowest BCUT2D eigenvalue weighted by molar-refractivity contribution is -0.116. The van der Waals surface area contributed by atoms with Gasteiger partial charge in [0.2, 0.25) is 5.91 Å². The van der Waals surface area contributed by atoms with Gasteiger partial charge in [-0.3, -0.25) is 9.48 Å². The predicted molar refractivity (Wildman–Crippen MR) is 97.4 cm³/mol. The fraction of sp³-hybridized carbons (Fsp3) is 0.167. The number of imidazole rings is 1. The highest BCUT2D eigenvalue weighted by molar-refractivity contribution is 6.31. The van der Waals surface area contributed by atoms with Gasteiger partial charge in [-0.15, -0.1) is 0 Å². The third-order valence-corrected chi connectivity index (χ3v) is 4.25. The third kappa shape index (κ3) is 3.97. The lowest BCUT2D eigenvalue weighted by atomic mass is 10.2. The van der Waals surface area contributed by atoms with Gasteiger partial charge >= 0.3 is 0 Å². The van der Waals surface area contributed by atoms with E-state index in [9.17, 15) is 4.79 Å². The Morgan fingerprint density at radius 1 is 1.32 bits per heavy atom. The van der Waals surface area contributed by atoms with Gasteiger partial charge in [-0.2, -0.15) is 5.10 Å². The van der Waals surface area contributed by atoms with Crippen molar-refractivity contribution >= 4 is 23.6 Å². The standard InChI is InChI=1S/C18H18ClN5O/c1-13-16(18(19)23(2)22-13)7-8-17(25)21-11-14-3-5-15(6-4-14)24-10-9-20-12-24/h3-10,12H,11H2,1-2H3,(H,21,25)/b8-7+. The molecule has 0 unspecified atom stereocenters. The highest BCUT2D eigenvalue weighted by Gasteiger charge is 2.08. The Labute approximate surface area is 150 Å². The average molecular weight is 356 g/mol. The zero-order valence-electron chi connectivity index (χ0n) is 14.0. The van der Waals surface area contributed by atoms with E-state index in [-0.39, 0.29) is 5.91 Å². The average Bonchev–Trinajstić information content (AvgIpc) is 3.22. The van der Waals surface area contributed by atoms with Gasteiger partial charge in [0.05, 0.1) is 12.0 Å². The number of carbonyl (C=O) groups is 1. The van der Waals surface area contributed by atoms with Crippen molar-refractivity contribution in [1.29, 1.82) is 0 Å². The first kappa shape index (κ1) is 17.0. The maximum atomic E-state index is 12.0. The number of hydrogen-bond donors (Lipinski definition) is 1. The molecule has 6 nitrogen and oxygen atoms in total. The van der Waals surface area contributed by atoms with E-state index >= 15 is 0 Å². The van der Waals surface area contributed by atoms with Crippen molar-refractivity contribution in [3.05, 3.63) is 71.0 Å². The molecular formula is C18H18ClN5O. The molecule has 0 aliphatic rings. The molecule has 1 amide bonds. The minimum atomic E-state index is -0.182. The number of aryl methyl sites for hydroxylation is 2. The summed E-state index contributed by atoms with van der Waals surface area (Å²) in [5.41, 5.74) is 3.58. The Morgan fingerprint density at radius 3 is 2.68 bits per heavy atom. The molecule has 128 valence electrons. The highest BCUT2D eigenvalue weighted by Crippen LogP contribution is 2.19. The Hall–Kier alpha value is -2.86. The third-order valence-electron chi connectivity index (χ3n) is 3.80. The second kappa shape index (κ2) is 7.36. The normalized spacial score (nSPS) is 11.2. The minimum absolute atomic E-state index is 0.182. The van der Waals surface area contributed by atoms with Crippen molar-refractivity contribution in [2.75, 3.05) is 0 Å². The smallest absolute Gasteiger partial charge is 0.244 e. The van der Waals surface area contributed by atoms with Gasteiger partial charge in [-0.1, -0.05) is 23.7 Å². The van der Waals surface area contributed by atoms with Crippen LogP contribution < -0.4 is 5.32 Å². The van der Waals surface area contributed by atoms with Crippen LogP contribution in [0.3, 0.4) is 0 Å². The van der Waals surface area contributed by atoms with Crippen molar-refractivity contribution in [2.45, 2.75) is 13.5 Å². The van der Waals surface area contributed by atoms with Crippen LogP contribution in [0.1, 0.15) is 16.8 Å². The molecule has 25 heavy (non-hydrogen) atoms. The molecule has 1 N–H and O–H groups in total. The number of benzene rings is 1. The van der Waals surface area contributed by atoms with Gasteiger partial charge in [0.15, 0.2) is 0 Å². The lowest BCUT2D eigenvalue weighted by Crippen LogP contribution is -2.20. The molecular weight excluding hydrogens is 338 g/mol. The maximum absolute atomic E-state index is 12.0. The van der Waals surface area contributed by atoms with Crippen LogP contribution in [0.2, 0.25) is 5.15 Å². The first-order valence-corrected chi connectivity index (χ1v) is 8.14. The highest BCUT2D eigenvalue weighted by atomic mass is 35.5. The molecule has 0 bridgehead atoms. The quantitative estimate of drug-likeness (QED) is 0.716. The van der Waals surface area contributed by atoms with Crippen LogP contribution in [-0.2, 0) is 18.4 Å². The summed E-state index contributed by atoms with van der Waals surface area (Å²) in [6.45, 7) is 2.30. The zero-order chi connectivity index (χ0) is 17.8. The van der Waals surface area contributed by atoms with Gasteiger partial charge in [-0.25, -0.2) is 4.98 Å². The lowest BCUT2D eigenvalue weighted by Gasteiger charge is -2.05. The van der Waals surface area contributed by atoms with Crippen LogP contribution in [-0.4, -0.2) is 25.2 Å². The van der Waals surface area contributed by atoms with Crippen LogP contribution in [0.5, 0.6) is 0 Å². The Balaban J connectivity index is 1.58. The molecule has 3 aromatic rings. The van der Waals surface area contributed by atoms with Gasteiger partial charge in [0.1, 0.15) is 5.15 Å². The predicted octanol–water partition coefficient (Wildman–Crippen LogP) is 2.90. The second-order valence-electron chi connectivity index (χ2n) is 5.60. The van der Waals surface area contributed by atoms with Crippen LogP contribution in [0.25, 0.3) is 11.8 Å². The van der Waals surface area contributed by atoms with E-state index in [0.29, 0.717) is 11.7 Å². The van der Waals surface area contributed by atoms with Crippen LogP contribution >= 0.6 is 11.6 Å². The summed E-state index contributed by atoms with van der Waals surface area (Å²) in [5, 5.41) is 7.57. The van der Waals surface area contributed by atoms with Gasteiger partial charge in [0, 0.05) is 43.3 Å². The van der Waals surface area contributed by atoms with Crippen LogP contribution in [0, 0.1) is 6.92 Å². The number of nitrogens with zero attached hydrogens (tertiary/aromatic N) is 4. The molecule has 7 heteroatoms. The number of amides is 1. The summed E-state index contributed by atoms with van der Waals surface area (Å²) in [6.07, 6.45) is 8.51. The molecule has 1 aromatic carbocycles. The molecule has 0 saturated carbocycles. The van der Waals surface area contributed by atoms with Crippen molar-refractivity contribution in [2.24, 2.45) is 7.05 Å². The van der Waals surface area contributed by atoms with Crippen molar-refractivity contribution in [3.8, 4) is 5.69 Å². The monoisotopic (exact) mass is 355 g/mol. The van der Waals surface area contributed by atoms with E-state index in [1.54, 1.807) is 30.3 Å². The Kier molecular flexibility index (Phi) is 5.00. The fourth-order valence-electron chi connectivity index (χ4n) is 2.44. The van der Waals surface area contributed by atoms with Crippen molar-refractivity contribution < 1.29 is 4.79 Å². The van der Waals surface area contributed by atoms with Gasteiger partial charge < -0.3 is 9.88 Å². The zero-order valence-corrected chi connectivity index (χ0v) is 14.7. The molecule has 2 heterocycles. The summed E-state index contributed by atoms with van der Waals surface area (Å²) >= 11 is 6.14. The molecule has 0 aliphatic heterocycles. The van der Waals surface area contributed by atoms with E-state index in [1.807, 2.05) is 42.0 Å². The fourth-order valence-corrected chi connectivity index (χ4v) is 2.68. The summed E-state index contributed by atoms with van der Waals surface area (Å²) in [5.74, 6) is -0.182. The topological polar surface area (TPSA) is 64.7 Å². The van der Waals surface area contributed by atoms with Gasteiger partial charge in [0.25, 0.3) is 0 Å². The molecule has 3 rings (SSSR count). The first-order valence-electron chi connectivity index (χ1n) is 7.77. The Morgan fingerprint density at radius 2 is 2.08 bits per heavy atom. The largest absolute Gasteiger partial charge is 0.348 e. The van der Waals surface area contributed by atoms with E-state index in [1.165, 1.54) is 6.08 Å². The second-order valence-corrected chi connectivity index (χ2v) is 5.96. The molecule has 0 saturated heterocycles. The molecule has 0 aliphatic carbocycles. The van der Waals surface area contributed by atoms with Crippen molar-refractivity contribution in [1.82, 2.24) is 24.6 Å². The number of hydrogen-bond acceptors (Lipinski definition) is 3. The summed E-state index contributed by atoms with van der Waals surface area (Å²) in [4.78, 5) is 16.0. The maximum Gasteiger partial charge on any atom is 0.244 e. The van der Waals surface area contributed by atoms with E-state index < -0.39 is 0 Å². The minimum Gasteiger partial charge on any atom is -0.348 e. The summed E-state index contributed by atoms with van der Waals surface area (Å²) in [7, 11) is 1.76. The van der Waals surface area contributed by atoms with E-state index in [0.717, 1.165) is 22.5 Å². The molecule has 2 aromatic heterocycles. The first-order chi connectivity index (χ1) is 12.0.